The van der Waals surface area contributed by atoms with Crippen molar-refractivity contribution in [1.29, 1.82) is 0 Å². The summed E-state index contributed by atoms with van der Waals surface area (Å²) < 4.78 is 5.29. The van der Waals surface area contributed by atoms with Crippen LogP contribution in [-0.2, 0) is 0 Å². The number of hydrogen-bond donors (Lipinski definition) is 1. The minimum atomic E-state index is 0.0825. The minimum absolute atomic E-state index is 0.0825. The Morgan fingerprint density at radius 2 is 2.16 bits per heavy atom. The number of benzene rings is 1. The molecule has 0 bridgehead atoms. The standard InChI is InChI=1S/C15H22N2O2/c1-10-5-6-13(7-14(10)19-4)15(18)17-9-11(2)16-8-12(17)3/h5-7,11-12,16H,8-9H2,1-4H3. The van der Waals surface area contributed by atoms with Gasteiger partial charge >= 0.3 is 0 Å². The minimum Gasteiger partial charge on any atom is -0.496 e. The Hall–Kier alpha value is -1.55. The summed E-state index contributed by atoms with van der Waals surface area (Å²) in [6, 6.07) is 6.20. The van der Waals surface area contributed by atoms with Crippen LogP contribution < -0.4 is 10.1 Å². The van der Waals surface area contributed by atoms with Gasteiger partial charge in [0.1, 0.15) is 5.75 Å². The molecular formula is C15H22N2O2. The molecule has 1 aliphatic rings. The van der Waals surface area contributed by atoms with E-state index < -0.39 is 0 Å². The first-order valence-electron chi connectivity index (χ1n) is 6.72. The molecule has 2 rings (SSSR count). The van der Waals surface area contributed by atoms with E-state index in [0.29, 0.717) is 11.6 Å². The highest BCUT2D eigenvalue weighted by molar-refractivity contribution is 5.95. The van der Waals surface area contributed by atoms with Crippen molar-refractivity contribution >= 4 is 5.91 Å². The number of ether oxygens (including phenoxy) is 1. The van der Waals surface area contributed by atoms with Gasteiger partial charge in [-0.1, -0.05) is 6.07 Å². The van der Waals surface area contributed by atoms with Gasteiger partial charge in [-0.3, -0.25) is 4.79 Å². The summed E-state index contributed by atoms with van der Waals surface area (Å²) in [4.78, 5) is 14.5. The van der Waals surface area contributed by atoms with Gasteiger partial charge in [-0.15, -0.1) is 0 Å². The molecule has 1 aliphatic heterocycles. The van der Waals surface area contributed by atoms with Gasteiger partial charge in [0.25, 0.3) is 5.91 Å². The predicted molar refractivity (Wildman–Crippen MR) is 75.7 cm³/mol. The van der Waals surface area contributed by atoms with Crippen molar-refractivity contribution in [1.82, 2.24) is 10.2 Å². The summed E-state index contributed by atoms with van der Waals surface area (Å²) >= 11 is 0. The summed E-state index contributed by atoms with van der Waals surface area (Å²) in [7, 11) is 1.63. The van der Waals surface area contributed by atoms with Crippen LogP contribution in [0.4, 0.5) is 0 Å². The SMILES string of the molecule is COc1cc(C(=O)N2CC(C)NCC2C)ccc1C. The van der Waals surface area contributed by atoms with E-state index in [0.717, 1.165) is 24.4 Å². The lowest BCUT2D eigenvalue weighted by atomic mass is 10.1. The van der Waals surface area contributed by atoms with Crippen molar-refractivity contribution < 1.29 is 9.53 Å². The van der Waals surface area contributed by atoms with Crippen molar-refractivity contribution in [3.8, 4) is 5.75 Å². The molecule has 0 radical (unpaired) electrons. The van der Waals surface area contributed by atoms with E-state index in [2.05, 4.69) is 19.2 Å². The van der Waals surface area contributed by atoms with Gasteiger partial charge in [0.15, 0.2) is 0 Å². The first-order valence-corrected chi connectivity index (χ1v) is 6.72. The predicted octanol–water partition coefficient (Wildman–Crippen LogP) is 1.83. The molecule has 0 spiro atoms. The second-order valence-corrected chi connectivity index (χ2v) is 5.30. The number of piperazine rings is 1. The third-order valence-corrected chi connectivity index (χ3v) is 3.68. The number of nitrogens with one attached hydrogen (secondary N) is 1. The Morgan fingerprint density at radius 1 is 1.42 bits per heavy atom. The van der Waals surface area contributed by atoms with E-state index in [1.165, 1.54) is 0 Å². The molecule has 19 heavy (non-hydrogen) atoms. The molecule has 0 aromatic heterocycles. The summed E-state index contributed by atoms with van der Waals surface area (Å²) in [5.74, 6) is 0.848. The summed E-state index contributed by atoms with van der Waals surface area (Å²) in [5.41, 5.74) is 1.74. The van der Waals surface area contributed by atoms with E-state index in [-0.39, 0.29) is 11.9 Å². The second kappa shape index (κ2) is 5.61. The number of methoxy groups -OCH3 is 1. The van der Waals surface area contributed by atoms with E-state index in [4.69, 9.17) is 4.74 Å². The van der Waals surface area contributed by atoms with Crippen LogP contribution in [-0.4, -0.2) is 43.1 Å². The molecule has 1 aromatic carbocycles. The van der Waals surface area contributed by atoms with Crippen molar-refractivity contribution in [3.05, 3.63) is 29.3 Å². The van der Waals surface area contributed by atoms with Crippen LogP contribution in [0.15, 0.2) is 18.2 Å². The van der Waals surface area contributed by atoms with Crippen LogP contribution in [0.5, 0.6) is 5.75 Å². The zero-order valence-electron chi connectivity index (χ0n) is 12.1. The smallest absolute Gasteiger partial charge is 0.254 e. The van der Waals surface area contributed by atoms with Gasteiger partial charge in [-0.25, -0.2) is 0 Å². The average molecular weight is 262 g/mol. The van der Waals surface area contributed by atoms with Gasteiger partial charge in [-0.2, -0.15) is 0 Å². The maximum Gasteiger partial charge on any atom is 0.254 e. The summed E-state index contributed by atoms with van der Waals surface area (Å²) in [6.45, 7) is 7.73. The molecule has 1 N–H and O–H groups in total. The van der Waals surface area contributed by atoms with Crippen LogP contribution in [0.1, 0.15) is 29.8 Å². The van der Waals surface area contributed by atoms with Gasteiger partial charge in [0.05, 0.1) is 7.11 Å². The van der Waals surface area contributed by atoms with Crippen molar-refractivity contribution in [2.45, 2.75) is 32.9 Å². The van der Waals surface area contributed by atoms with Crippen LogP contribution in [0.2, 0.25) is 0 Å². The van der Waals surface area contributed by atoms with E-state index >= 15 is 0 Å². The monoisotopic (exact) mass is 262 g/mol. The Kier molecular flexibility index (Phi) is 4.10. The van der Waals surface area contributed by atoms with Gasteiger partial charge in [0.2, 0.25) is 0 Å². The number of rotatable bonds is 2. The largest absolute Gasteiger partial charge is 0.496 e. The second-order valence-electron chi connectivity index (χ2n) is 5.30. The molecule has 1 amide bonds. The number of hydrogen-bond acceptors (Lipinski definition) is 3. The molecule has 4 heteroatoms. The number of aryl methyl sites for hydroxylation is 1. The van der Waals surface area contributed by atoms with Crippen molar-refractivity contribution in [2.24, 2.45) is 0 Å². The molecule has 0 saturated carbocycles. The highest BCUT2D eigenvalue weighted by atomic mass is 16.5. The zero-order chi connectivity index (χ0) is 14.0. The number of carbonyl (C=O) groups excluding carboxylic acids is 1. The normalized spacial score (nSPS) is 23.3. The van der Waals surface area contributed by atoms with Gasteiger partial charge in [-0.05, 0) is 38.5 Å². The molecule has 2 atom stereocenters. The first kappa shape index (κ1) is 13.9. The maximum absolute atomic E-state index is 12.6. The Morgan fingerprint density at radius 3 is 2.84 bits per heavy atom. The number of carbonyl (C=O) groups is 1. The maximum atomic E-state index is 12.6. The van der Waals surface area contributed by atoms with E-state index in [1.807, 2.05) is 30.0 Å². The quantitative estimate of drug-likeness (QED) is 0.884. The number of nitrogens with zero attached hydrogens (tertiary/aromatic N) is 1. The Bertz CT molecular complexity index is 473. The van der Waals surface area contributed by atoms with E-state index in [9.17, 15) is 4.79 Å². The Balaban J connectivity index is 2.23. The fraction of sp³-hybridized carbons (Fsp3) is 0.533. The van der Waals surface area contributed by atoms with Gasteiger partial charge in [0, 0.05) is 30.7 Å². The van der Waals surface area contributed by atoms with Crippen LogP contribution in [0.25, 0.3) is 0 Å². The molecule has 1 aromatic rings. The third kappa shape index (κ3) is 2.89. The summed E-state index contributed by atoms with van der Waals surface area (Å²) in [6.07, 6.45) is 0. The zero-order valence-corrected chi connectivity index (χ0v) is 12.1. The molecule has 1 heterocycles. The van der Waals surface area contributed by atoms with Gasteiger partial charge < -0.3 is 15.0 Å². The molecular weight excluding hydrogens is 240 g/mol. The average Bonchev–Trinajstić information content (AvgIpc) is 2.41. The molecule has 0 aliphatic carbocycles. The van der Waals surface area contributed by atoms with Crippen LogP contribution >= 0.6 is 0 Å². The Labute approximate surface area is 114 Å². The fourth-order valence-electron chi connectivity index (χ4n) is 2.42. The molecule has 1 fully saturated rings. The number of amides is 1. The van der Waals surface area contributed by atoms with Crippen molar-refractivity contribution in [3.63, 3.8) is 0 Å². The molecule has 104 valence electrons. The van der Waals surface area contributed by atoms with E-state index in [1.54, 1.807) is 7.11 Å². The topological polar surface area (TPSA) is 41.6 Å². The molecule has 4 nitrogen and oxygen atoms in total. The van der Waals surface area contributed by atoms with Crippen LogP contribution in [0.3, 0.4) is 0 Å². The lowest BCUT2D eigenvalue weighted by molar-refractivity contribution is 0.0616. The highest BCUT2D eigenvalue weighted by Gasteiger charge is 2.27. The highest BCUT2D eigenvalue weighted by Crippen LogP contribution is 2.21. The van der Waals surface area contributed by atoms with Crippen LogP contribution in [0, 0.1) is 6.92 Å². The molecule has 1 saturated heterocycles. The lowest BCUT2D eigenvalue weighted by Crippen LogP contribution is -2.56. The third-order valence-electron chi connectivity index (χ3n) is 3.68. The molecule has 2 unspecified atom stereocenters. The van der Waals surface area contributed by atoms with Crippen molar-refractivity contribution in [2.75, 3.05) is 20.2 Å². The lowest BCUT2D eigenvalue weighted by Gasteiger charge is -2.37. The summed E-state index contributed by atoms with van der Waals surface area (Å²) in [5, 5.41) is 3.38. The fourth-order valence-corrected chi connectivity index (χ4v) is 2.42. The first-order chi connectivity index (χ1) is 9.02.